The Balaban J connectivity index is 1.59. The molecular weight excluding hydrogens is 324 g/mol. The molecule has 1 saturated carbocycles. The molecule has 10 atom stereocenters. The predicted molar refractivity (Wildman–Crippen MR) is 101 cm³/mol. The molecule has 1 aliphatic carbocycles. The lowest BCUT2D eigenvalue weighted by Crippen LogP contribution is -2.82. The molecule has 26 heavy (non-hydrogen) atoms. The van der Waals surface area contributed by atoms with Gasteiger partial charge >= 0.3 is 0 Å². The zero-order valence-corrected chi connectivity index (χ0v) is 15.8. The van der Waals surface area contributed by atoms with Crippen LogP contribution in [-0.2, 0) is 5.41 Å². The number of fused-ring (bicyclic) bond motifs is 2. The van der Waals surface area contributed by atoms with Crippen LogP contribution < -0.4 is 5.32 Å². The lowest BCUT2D eigenvalue weighted by atomic mass is 9.60. The predicted octanol–water partition coefficient (Wildman–Crippen LogP) is 2.46. The van der Waals surface area contributed by atoms with E-state index in [1.807, 2.05) is 0 Å². The van der Waals surface area contributed by atoms with Gasteiger partial charge < -0.3 is 15.5 Å². The quantitative estimate of drug-likeness (QED) is 0.730. The van der Waals surface area contributed by atoms with Crippen LogP contribution in [0.25, 0.3) is 0 Å². The molecule has 0 amide bonds. The van der Waals surface area contributed by atoms with Crippen LogP contribution in [0.1, 0.15) is 45.1 Å². The molecule has 3 unspecified atom stereocenters. The second kappa shape index (κ2) is 4.84. The van der Waals surface area contributed by atoms with Gasteiger partial charge in [0, 0.05) is 30.4 Å². The van der Waals surface area contributed by atoms with E-state index in [1.54, 1.807) is 0 Å². The highest BCUT2D eigenvalue weighted by atomic mass is 16.3. The molecule has 7 rings (SSSR count). The summed E-state index contributed by atoms with van der Waals surface area (Å²) in [6, 6.07) is 9.77. The topological polar surface area (TPSA) is 52.5 Å². The van der Waals surface area contributed by atoms with E-state index < -0.39 is 0 Å². The average molecular weight is 356 g/mol. The summed E-state index contributed by atoms with van der Waals surface area (Å²) in [7, 11) is 0. The summed E-state index contributed by atoms with van der Waals surface area (Å²) in [5.74, 6) is 1.18. The van der Waals surface area contributed by atoms with Gasteiger partial charge in [-0.05, 0) is 30.4 Å². The van der Waals surface area contributed by atoms with Gasteiger partial charge in [0.05, 0.1) is 30.1 Å². The van der Waals surface area contributed by atoms with Crippen molar-refractivity contribution in [1.29, 1.82) is 0 Å². The van der Waals surface area contributed by atoms with Gasteiger partial charge in [0.1, 0.15) is 6.04 Å². The molecule has 4 heteroatoms. The van der Waals surface area contributed by atoms with Crippen molar-refractivity contribution in [3.63, 3.8) is 0 Å². The Morgan fingerprint density at radius 1 is 1.19 bits per heavy atom. The van der Waals surface area contributed by atoms with E-state index in [0.29, 0.717) is 29.8 Å². The van der Waals surface area contributed by atoms with Gasteiger partial charge in [0.15, 0.2) is 6.23 Å². The first-order chi connectivity index (χ1) is 12.6. The number of aliphatic hydroxyl groups is 2. The third kappa shape index (κ3) is 1.39. The molecule has 0 radical (unpaired) electrons. The maximum atomic E-state index is 11.8. The summed E-state index contributed by atoms with van der Waals surface area (Å²) in [5.41, 5.74) is 2.43. The van der Waals surface area contributed by atoms with Crippen molar-refractivity contribution in [2.75, 3.05) is 11.9 Å². The molecule has 4 nitrogen and oxygen atoms in total. The molecular formula is C22H31N2O2+. The maximum absolute atomic E-state index is 11.8. The number of benzene rings is 1. The number of para-hydroxylation sites is 1. The van der Waals surface area contributed by atoms with E-state index >= 15 is 0 Å². The third-order valence-electron chi connectivity index (χ3n) is 9.31. The smallest absolute Gasteiger partial charge is 0.194 e. The van der Waals surface area contributed by atoms with Crippen molar-refractivity contribution >= 4 is 5.69 Å². The number of nitrogens with one attached hydrogen (secondary N) is 1. The molecule has 5 aliphatic heterocycles. The Bertz CT molecular complexity index is 768. The van der Waals surface area contributed by atoms with Crippen LogP contribution in [0.5, 0.6) is 0 Å². The molecule has 4 saturated heterocycles. The molecule has 1 aromatic carbocycles. The van der Waals surface area contributed by atoms with Crippen LogP contribution in [-0.4, -0.2) is 51.7 Å². The fourth-order valence-corrected chi connectivity index (χ4v) is 8.75. The molecule has 1 aromatic rings. The van der Waals surface area contributed by atoms with Crippen LogP contribution in [0, 0.1) is 17.8 Å². The largest absolute Gasteiger partial charge is 0.392 e. The van der Waals surface area contributed by atoms with Crippen LogP contribution in [0.3, 0.4) is 0 Å². The summed E-state index contributed by atoms with van der Waals surface area (Å²) in [4.78, 5) is 0. The third-order valence-corrected chi connectivity index (χ3v) is 9.31. The number of aliphatic hydroxyl groups excluding tert-OH is 2. The van der Waals surface area contributed by atoms with Gasteiger partial charge in [-0.3, -0.25) is 4.48 Å². The highest BCUT2D eigenvalue weighted by Crippen LogP contribution is 2.70. The average Bonchev–Trinajstić information content (AvgIpc) is 3.10. The Morgan fingerprint density at radius 3 is 2.77 bits per heavy atom. The molecule has 1 spiro atoms. The number of piperidine rings is 4. The van der Waals surface area contributed by atoms with Crippen LogP contribution >= 0.6 is 0 Å². The van der Waals surface area contributed by atoms with E-state index in [-0.39, 0.29) is 23.8 Å². The van der Waals surface area contributed by atoms with E-state index in [2.05, 4.69) is 43.4 Å². The lowest BCUT2D eigenvalue weighted by Gasteiger charge is -2.67. The van der Waals surface area contributed by atoms with Crippen molar-refractivity contribution in [1.82, 2.24) is 0 Å². The Kier molecular flexibility index (Phi) is 2.96. The van der Waals surface area contributed by atoms with E-state index in [1.165, 1.54) is 17.7 Å². The highest BCUT2D eigenvalue weighted by molar-refractivity contribution is 5.65. The molecule has 3 N–H and O–H groups in total. The van der Waals surface area contributed by atoms with Gasteiger partial charge in [0.2, 0.25) is 0 Å². The van der Waals surface area contributed by atoms with E-state index in [4.69, 9.17) is 0 Å². The summed E-state index contributed by atoms with van der Waals surface area (Å²) in [6.07, 6.45) is 3.80. The van der Waals surface area contributed by atoms with Gasteiger partial charge in [-0.25, -0.2) is 0 Å². The van der Waals surface area contributed by atoms with Crippen LogP contribution in [0.2, 0.25) is 0 Å². The second-order valence-corrected chi connectivity index (χ2v) is 9.67. The fourth-order valence-electron chi connectivity index (χ4n) is 8.75. The summed E-state index contributed by atoms with van der Waals surface area (Å²) in [5, 5.41) is 27.2. The Labute approximate surface area is 155 Å². The zero-order valence-electron chi connectivity index (χ0n) is 15.8. The molecule has 5 bridgehead atoms. The monoisotopic (exact) mass is 355 g/mol. The number of anilines is 1. The summed E-state index contributed by atoms with van der Waals surface area (Å²) >= 11 is 0. The number of rotatable bonds is 3. The minimum Gasteiger partial charge on any atom is -0.392 e. The Morgan fingerprint density at radius 2 is 2.00 bits per heavy atom. The minimum atomic E-state index is -0.276. The van der Waals surface area contributed by atoms with E-state index in [0.717, 1.165) is 30.3 Å². The van der Waals surface area contributed by atoms with Crippen molar-refractivity contribution in [2.45, 2.75) is 75.4 Å². The lowest BCUT2D eigenvalue weighted by molar-refractivity contribution is -1.04. The second-order valence-electron chi connectivity index (χ2n) is 9.67. The fraction of sp³-hybridized carbons (Fsp3) is 0.727. The standard InChI is InChI=1S/C22H31N2O2/c1-3-9-24-16-10-13(12(4-2)21(24)26)18-17(24)11-22(20(18)25)14-7-5-6-8-15(14)23-19(16)22/h5-8,12-13,16-21,23,25-26H,3-4,9-11H2,1-2H3/q+1/t12-,13+,16-,17+,18?,19+,20?,21+,22+,24?/m1/s1. The van der Waals surface area contributed by atoms with Crippen LogP contribution in [0.15, 0.2) is 24.3 Å². The van der Waals surface area contributed by atoms with Crippen molar-refractivity contribution in [3.05, 3.63) is 29.8 Å². The molecule has 140 valence electrons. The number of hydrogen-bond donors (Lipinski definition) is 3. The van der Waals surface area contributed by atoms with Crippen LogP contribution in [0.4, 0.5) is 5.69 Å². The summed E-state index contributed by atoms with van der Waals surface area (Å²) < 4.78 is 0.862. The first-order valence-corrected chi connectivity index (χ1v) is 10.7. The van der Waals surface area contributed by atoms with Gasteiger partial charge in [-0.15, -0.1) is 0 Å². The van der Waals surface area contributed by atoms with Crippen molar-refractivity contribution in [2.24, 2.45) is 17.8 Å². The first kappa shape index (κ1) is 15.9. The van der Waals surface area contributed by atoms with E-state index in [9.17, 15) is 10.2 Å². The molecule has 6 aliphatic rings. The molecule has 0 aromatic heterocycles. The normalized spacial score (nSPS) is 54.9. The summed E-state index contributed by atoms with van der Waals surface area (Å²) in [6.45, 7) is 5.53. The van der Waals surface area contributed by atoms with Gasteiger partial charge in [-0.1, -0.05) is 32.0 Å². The van der Waals surface area contributed by atoms with Crippen molar-refractivity contribution in [3.8, 4) is 0 Å². The SMILES string of the molecule is CCC[N+]12[C@@H]3C[C@H](C4C(O)[C@@]5(C[C@@H]41)c1ccccc1N[C@@H]35)[C@@H](CC)[C@@H]2O. The van der Waals surface area contributed by atoms with Gasteiger partial charge in [0.25, 0.3) is 0 Å². The number of quaternary nitrogens is 1. The first-order valence-electron chi connectivity index (χ1n) is 10.7. The molecule has 5 fully saturated rings. The highest BCUT2D eigenvalue weighted by Gasteiger charge is 2.82. The minimum absolute atomic E-state index is 0.136. The van der Waals surface area contributed by atoms with Crippen molar-refractivity contribution < 1.29 is 14.7 Å². The number of nitrogens with zero attached hydrogens (tertiary/aromatic N) is 1. The maximum Gasteiger partial charge on any atom is 0.194 e. The molecule has 5 heterocycles. The Hall–Kier alpha value is -1.10. The van der Waals surface area contributed by atoms with Gasteiger partial charge in [-0.2, -0.15) is 0 Å². The zero-order chi connectivity index (χ0) is 17.8. The number of hydrogen-bond acceptors (Lipinski definition) is 3.